The summed E-state index contributed by atoms with van der Waals surface area (Å²) >= 11 is 7.34. The molecule has 1 aliphatic rings. The molecule has 0 aromatic heterocycles. The SMILES string of the molecule is Br.O=C([O-])CSC(c1cccc(Cl)c1)=[N+]1CCCCC1. The number of thioether (sulfide) groups is 1. The molecule has 0 atom stereocenters. The van der Waals surface area contributed by atoms with Crippen molar-refractivity contribution in [1.29, 1.82) is 0 Å². The summed E-state index contributed by atoms with van der Waals surface area (Å²) in [5.74, 6) is -1.07. The second-order valence-corrected chi connectivity index (χ2v) is 5.92. The van der Waals surface area contributed by atoms with Gasteiger partial charge in [0, 0.05) is 23.6 Å². The molecule has 1 saturated heterocycles. The first kappa shape index (κ1) is 17.5. The van der Waals surface area contributed by atoms with Crippen molar-refractivity contribution < 1.29 is 14.5 Å². The molecule has 0 aliphatic carbocycles. The van der Waals surface area contributed by atoms with E-state index in [9.17, 15) is 9.90 Å². The number of hydrogen-bond acceptors (Lipinski definition) is 3. The van der Waals surface area contributed by atoms with E-state index in [2.05, 4.69) is 4.58 Å². The third kappa shape index (κ3) is 5.11. The molecule has 1 aliphatic heterocycles. The number of hydrogen-bond donors (Lipinski definition) is 0. The van der Waals surface area contributed by atoms with Crippen LogP contribution >= 0.6 is 40.3 Å². The van der Waals surface area contributed by atoms with Crippen LogP contribution in [0.25, 0.3) is 0 Å². The summed E-state index contributed by atoms with van der Waals surface area (Å²) < 4.78 is 2.25. The molecule has 0 spiro atoms. The Bertz CT molecular complexity index is 500. The van der Waals surface area contributed by atoms with Crippen LogP contribution in [0, 0.1) is 0 Å². The lowest BCUT2D eigenvalue weighted by atomic mass is 10.1. The molecule has 1 aromatic carbocycles. The second-order valence-electron chi connectivity index (χ2n) is 4.52. The molecule has 3 nitrogen and oxygen atoms in total. The van der Waals surface area contributed by atoms with Gasteiger partial charge in [-0.05, 0) is 24.6 Å². The Labute approximate surface area is 138 Å². The zero-order chi connectivity index (χ0) is 13.7. The van der Waals surface area contributed by atoms with Gasteiger partial charge in [-0.25, -0.2) is 4.58 Å². The highest BCUT2D eigenvalue weighted by Crippen LogP contribution is 2.19. The summed E-state index contributed by atoms with van der Waals surface area (Å²) in [5, 5.41) is 12.4. The van der Waals surface area contributed by atoms with E-state index in [-0.39, 0.29) is 22.7 Å². The molecular weight excluding hydrogens is 362 g/mol. The molecule has 2 rings (SSSR count). The number of halogens is 2. The third-order valence-electron chi connectivity index (χ3n) is 3.04. The van der Waals surface area contributed by atoms with Crippen LogP contribution < -0.4 is 5.11 Å². The minimum Gasteiger partial charge on any atom is -0.549 e. The number of aliphatic carboxylic acids is 1. The van der Waals surface area contributed by atoms with E-state index in [0.717, 1.165) is 36.5 Å². The number of piperidine rings is 1. The molecule has 110 valence electrons. The van der Waals surface area contributed by atoms with Crippen molar-refractivity contribution >= 4 is 51.4 Å². The normalized spacial score (nSPS) is 14.6. The quantitative estimate of drug-likeness (QED) is 0.599. The highest BCUT2D eigenvalue weighted by Gasteiger charge is 2.20. The van der Waals surface area contributed by atoms with Crippen LogP contribution in [-0.2, 0) is 4.79 Å². The first-order valence-corrected chi connectivity index (χ1v) is 7.73. The minimum absolute atomic E-state index is 0. The van der Waals surface area contributed by atoms with Gasteiger partial charge in [-0.3, -0.25) is 0 Å². The molecule has 0 saturated carbocycles. The average molecular weight is 379 g/mol. The molecule has 0 bridgehead atoms. The van der Waals surface area contributed by atoms with E-state index in [1.165, 1.54) is 18.2 Å². The van der Waals surface area contributed by atoms with Crippen LogP contribution in [0.2, 0.25) is 5.02 Å². The maximum Gasteiger partial charge on any atom is 0.242 e. The molecule has 0 unspecified atom stereocenters. The number of rotatable bonds is 3. The number of nitrogens with zero attached hydrogens (tertiary/aromatic N) is 1. The van der Waals surface area contributed by atoms with Gasteiger partial charge < -0.3 is 9.90 Å². The van der Waals surface area contributed by atoms with E-state index >= 15 is 0 Å². The summed E-state index contributed by atoms with van der Waals surface area (Å²) in [6.45, 7) is 1.95. The lowest BCUT2D eigenvalue weighted by Crippen LogP contribution is -2.29. The fourth-order valence-electron chi connectivity index (χ4n) is 2.20. The van der Waals surface area contributed by atoms with Crippen LogP contribution in [0.1, 0.15) is 24.8 Å². The lowest BCUT2D eigenvalue weighted by molar-refractivity contribution is -0.534. The smallest absolute Gasteiger partial charge is 0.242 e. The Morgan fingerprint density at radius 1 is 1.30 bits per heavy atom. The van der Waals surface area contributed by atoms with Crippen molar-refractivity contribution in [3.05, 3.63) is 34.9 Å². The van der Waals surface area contributed by atoms with Gasteiger partial charge in [-0.1, -0.05) is 29.4 Å². The largest absolute Gasteiger partial charge is 0.549 e. The van der Waals surface area contributed by atoms with Gasteiger partial charge in [0.25, 0.3) is 0 Å². The molecule has 0 amide bonds. The Hall–Kier alpha value is -0.520. The number of carbonyl (C=O) groups is 1. The zero-order valence-electron chi connectivity index (χ0n) is 11.0. The lowest BCUT2D eigenvalue weighted by Gasteiger charge is -2.14. The summed E-state index contributed by atoms with van der Waals surface area (Å²) in [5.41, 5.74) is 0.987. The van der Waals surface area contributed by atoms with Crippen molar-refractivity contribution in [1.82, 2.24) is 0 Å². The van der Waals surface area contributed by atoms with Crippen molar-refractivity contribution in [3.8, 4) is 0 Å². The minimum atomic E-state index is -1.04. The van der Waals surface area contributed by atoms with Gasteiger partial charge in [0.2, 0.25) is 5.04 Å². The van der Waals surface area contributed by atoms with Gasteiger partial charge in [-0.15, -0.1) is 17.0 Å². The Morgan fingerprint density at radius 2 is 2.00 bits per heavy atom. The van der Waals surface area contributed by atoms with Crippen molar-refractivity contribution in [2.24, 2.45) is 0 Å². The molecule has 6 heteroatoms. The number of benzene rings is 1. The van der Waals surface area contributed by atoms with Crippen molar-refractivity contribution in [2.45, 2.75) is 19.3 Å². The fourth-order valence-corrected chi connectivity index (χ4v) is 3.31. The third-order valence-corrected chi connectivity index (χ3v) is 4.42. The standard InChI is InChI=1S/C14H16ClNO2S.BrH/c15-12-6-4-5-11(9-12)14(19-10-13(17)18)16-7-2-1-3-8-16;/h4-6,9H,1-3,7-8,10H2;1H. The van der Waals surface area contributed by atoms with Crippen LogP contribution in [0.5, 0.6) is 0 Å². The summed E-state index contributed by atoms with van der Waals surface area (Å²) in [4.78, 5) is 10.7. The maximum absolute atomic E-state index is 10.7. The van der Waals surface area contributed by atoms with Gasteiger partial charge in [0.15, 0.2) is 0 Å². The highest BCUT2D eigenvalue weighted by atomic mass is 79.9. The van der Waals surface area contributed by atoms with E-state index in [4.69, 9.17) is 11.6 Å². The van der Waals surface area contributed by atoms with Crippen LogP contribution in [-0.4, -0.2) is 34.4 Å². The predicted octanol–water partition coefficient (Wildman–Crippen LogP) is 2.34. The number of carbonyl (C=O) groups excluding carboxylic acids is 1. The maximum atomic E-state index is 10.7. The van der Waals surface area contributed by atoms with Crippen molar-refractivity contribution in [2.75, 3.05) is 18.8 Å². The van der Waals surface area contributed by atoms with Crippen LogP contribution in [0.15, 0.2) is 24.3 Å². The molecule has 1 fully saturated rings. The Kier molecular flexibility index (Phi) is 7.62. The summed E-state index contributed by atoms with van der Waals surface area (Å²) in [6.07, 6.45) is 3.54. The fraction of sp³-hybridized carbons (Fsp3) is 0.429. The highest BCUT2D eigenvalue weighted by molar-refractivity contribution is 8.93. The number of carboxylic acids is 1. The van der Waals surface area contributed by atoms with Gasteiger partial charge in [-0.2, -0.15) is 0 Å². The van der Waals surface area contributed by atoms with E-state index in [1.54, 1.807) is 0 Å². The Morgan fingerprint density at radius 3 is 2.60 bits per heavy atom. The molecule has 0 radical (unpaired) electrons. The second kappa shape index (κ2) is 8.70. The molecular formula is C14H17BrClNO2S. The monoisotopic (exact) mass is 377 g/mol. The van der Waals surface area contributed by atoms with Crippen LogP contribution in [0.4, 0.5) is 0 Å². The predicted molar refractivity (Wildman–Crippen MR) is 87.2 cm³/mol. The van der Waals surface area contributed by atoms with E-state index in [1.807, 2.05) is 24.3 Å². The van der Waals surface area contributed by atoms with E-state index < -0.39 is 5.97 Å². The molecule has 0 N–H and O–H groups in total. The molecule has 20 heavy (non-hydrogen) atoms. The van der Waals surface area contributed by atoms with E-state index in [0.29, 0.717) is 5.02 Å². The molecule has 1 aromatic rings. The number of carboxylic acid groups (broad SMARTS) is 1. The average Bonchev–Trinajstić information content (AvgIpc) is 2.40. The molecule has 1 heterocycles. The first-order valence-electron chi connectivity index (χ1n) is 6.37. The summed E-state index contributed by atoms with van der Waals surface area (Å²) in [7, 11) is 0. The van der Waals surface area contributed by atoms with Gasteiger partial charge in [0.05, 0.1) is 11.5 Å². The van der Waals surface area contributed by atoms with Gasteiger partial charge >= 0.3 is 0 Å². The van der Waals surface area contributed by atoms with Crippen molar-refractivity contribution in [3.63, 3.8) is 0 Å². The zero-order valence-corrected chi connectivity index (χ0v) is 14.3. The Balaban J connectivity index is 0.00000200. The first-order chi connectivity index (χ1) is 9.16. The summed E-state index contributed by atoms with van der Waals surface area (Å²) in [6, 6.07) is 7.56. The topological polar surface area (TPSA) is 43.1 Å². The van der Waals surface area contributed by atoms with Gasteiger partial charge in [0.1, 0.15) is 13.1 Å². The van der Waals surface area contributed by atoms with Crippen LogP contribution in [0.3, 0.4) is 0 Å².